The number of ether oxygens (including phenoxy) is 3. The first-order valence-corrected chi connectivity index (χ1v) is 9.91. The van der Waals surface area contributed by atoms with E-state index in [1.54, 1.807) is 54.6 Å². The molecule has 1 unspecified atom stereocenters. The van der Waals surface area contributed by atoms with Gasteiger partial charge in [0, 0.05) is 5.56 Å². The summed E-state index contributed by atoms with van der Waals surface area (Å²) in [6.45, 7) is 0.147. The van der Waals surface area contributed by atoms with Crippen LogP contribution in [0, 0.1) is 0 Å². The Balaban J connectivity index is 1.65. The van der Waals surface area contributed by atoms with Crippen LogP contribution in [-0.4, -0.2) is 35.6 Å². The van der Waals surface area contributed by atoms with Crippen molar-refractivity contribution >= 4 is 17.4 Å². The quantitative estimate of drug-likeness (QED) is 0.373. The Bertz CT molecular complexity index is 1230. The minimum Gasteiger partial charge on any atom is -0.507 e. The second kappa shape index (κ2) is 7.81. The van der Waals surface area contributed by atoms with E-state index < -0.39 is 17.7 Å². The Morgan fingerprint density at radius 3 is 2.72 bits per heavy atom. The Labute approximate surface area is 183 Å². The van der Waals surface area contributed by atoms with Crippen molar-refractivity contribution in [2.24, 2.45) is 0 Å². The number of aliphatic hydroxyl groups excluding tert-OH is 1. The molecule has 1 atom stereocenters. The number of aliphatic hydroxyl groups is 1. The molecule has 2 aliphatic heterocycles. The fourth-order valence-corrected chi connectivity index (χ4v) is 3.97. The molecule has 2 aliphatic rings. The Morgan fingerprint density at radius 1 is 1.09 bits per heavy atom. The van der Waals surface area contributed by atoms with Gasteiger partial charge in [-0.25, -0.2) is 0 Å². The minimum atomic E-state index is -0.833. The van der Waals surface area contributed by atoms with Crippen LogP contribution in [0.1, 0.15) is 22.9 Å². The van der Waals surface area contributed by atoms with Crippen molar-refractivity contribution in [3.8, 4) is 17.2 Å². The number of hydrogen-bond donors (Lipinski definition) is 1. The molecule has 3 heterocycles. The number of methoxy groups -OCH3 is 1. The van der Waals surface area contributed by atoms with Gasteiger partial charge in [-0.1, -0.05) is 12.1 Å². The summed E-state index contributed by atoms with van der Waals surface area (Å²) < 4.78 is 21.4. The van der Waals surface area contributed by atoms with Crippen molar-refractivity contribution in [2.75, 3.05) is 13.9 Å². The number of amides is 1. The van der Waals surface area contributed by atoms with Crippen molar-refractivity contribution in [1.29, 1.82) is 0 Å². The van der Waals surface area contributed by atoms with Gasteiger partial charge in [-0.15, -0.1) is 0 Å². The lowest BCUT2D eigenvalue weighted by Crippen LogP contribution is -2.29. The van der Waals surface area contributed by atoms with Gasteiger partial charge in [0.05, 0.1) is 31.5 Å². The number of Topliss-reactive ketones (excluding diaryl/α,β-unsaturated/α-hetero) is 1. The summed E-state index contributed by atoms with van der Waals surface area (Å²) in [4.78, 5) is 27.5. The van der Waals surface area contributed by atoms with Gasteiger partial charge in [0.2, 0.25) is 6.79 Å². The molecule has 0 aliphatic carbocycles. The summed E-state index contributed by atoms with van der Waals surface area (Å²) >= 11 is 0. The summed E-state index contributed by atoms with van der Waals surface area (Å²) in [5.74, 6) is 0.283. The van der Waals surface area contributed by atoms with Crippen molar-refractivity contribution in [1.82, 2.24) is 4.90 Å². The van der Waals surface area contributed by atoms with Gasteiger partial charge in [-0.05, 0) is 48.0 Å². The number of rotatable bonds is 5. The average molecular weight is 433 g/mol. The summed E-state index contributed by atoms with van der Waals surface area (Å²) in [6.07, 6.45) is 1.50. The number of benzene rings is 2. The van der Waals surface area contributed by atoms with Gasteiger partial charge in [0.15, 0.2) is 11.5 Å². The standard InChI is InChI=1S/C24H19NO7/c1-29-16-5-2-4-14(10-16)21-20(22(26)15-7-8-18-19(11-15)32-13-31-18)23(27)24(28)25(21)12-17-6-3-9-30-17/h2-11,21,26H,12-13H2,1H3/b22-20-. The van der Waals surface area contributed by atoms with Crippen molar-refractivity contribution in [2.45, 2.75) is 12.6 Å². The van der Waals surface area contributed by atoms with Gasteiger partial charge < -0.3 is 28.6 Å². The van der Waals surface area contributed by atoms with E-state index in [1.807, 2.05) is 0 Å². The summed E-state index contributed by atoms with van der Waals surface area (Å²) in [5, 5.41) is 11.2. The van der Waals surface area contributed by atoms with Crippen molar-refractivity contribution in [3.63, 3.8) is 0 Å². The molecule has 2 aromatic carbocycles. The van der Waals surface area contributed by atoms with Crippen LogP contribution in [0.5, 0.6) is 17.2 Å². The zero-order valence-electron chi connectivity index (χ0n) is 17.1. The normalized spacial score (nSPS) is 18.9. The molecule has 5 rings (SSSR count). The molecule has 1 fully saturated rings. The van der Waals surface area contributed by atoms with Gasteiger partial charge >= 0.3 is 0 Å². The highest BCUT2D eigenvalue weighted by atomic mass is 16.7. The Kier molecular flexibility index (Phi) is 4.82. The van der Waals surface area contributed by atoms with Crippen LogP contribution in [-0.2, 0) is 16.1 Å². The molecule has 1 saturated heterocycles. The molecule has 1 amide bonds. The first kappa shape index (κ1) is 19.7. The molecule has 32 heavy (non-hydrogen) atoms. The largest absolute Gasteiger partial charge is 0.507 e. The van der Waals surface area contributed by atoms with E-state index in [9.17, 15) is 14.7 Å². The number of carbonyl (C=O) groups excluding carboxylic acids is 2. The second-order valence-corrected chi connectivity index (χ2v) is 7.35. The van der Waals surface area contributed by atoms with E-state index in [1.165, 1.54) is 18.3 Å². The number of carbonyl (C=O) groups is 2. The van der Waals surface area contributed by atoms with Crippen LogP contribution < -0.4 is 14.2 Å². The lowest BCUT2D eigenvalue weighted by atomic mass is 9.95. The molecule has 162 valence electrons. The van der Waals surface area contributed by atoms with Crippen LogP contribution >= 0.6 is 0 Å². The zero-order valence-corrected chi connectivity index (χ0v) is 17.1. The van der Waals surface area contributed by atoms with Crippen LogP contribution in [0.25, 0.3) is 5.76 Å². The highest BCUT2D eigenvalue weighted by Gasteiger charge is 2.46. The SMILES string of the molecule is COc1cccc(C2/C(=C(/O)c3ccc4c(c3)OCO4)C(=O)C(=O)N2Cc2ccco2)c1. The van der Waals surface area contributed by atoms with Crippen molar-refractivity contribution in [3.05, 3.63) is 83.3 Å². The predicted molar refractivity (Wildman–Crippen MR) is 112 cm³/mol. The summed E-state index contributed by atoms with van der Waals surface area (Å²) in [6, 6.07) is 14.5. The molecular weight excluding hydrogens is 414 g/mol. The molecule has 0 spiro atoms. The predicted octanol–water partition coefficient (Wildman–Crippen LogP) is 3.64. The molecule has 1 aromatic heterocycles. The molecule has 8 nitrogen and oxygen atoms in total. The summed E-state index contributed by atoms with van der Waals surface area (Å²) in [7, 11) is 1.53. The maximum atomic E-state index is 13.1. The highest BCUT2D eigenvalue weighted by molar-refractivity contribution is 6.46. The number of furan rings is 1. The lowest BCUT2D eigenvalue weighted by Gasteiger charge is -2.24. The van der Waals surface area contributed by atoms with Crippen LogP contribution in [0.2, 0.25) is 0 Å². The molecule has 0 saturated carbocycles. The first-order chi connectivity index (χ1) is 15.6. The van der Waals surface area contributed by atoms with Gasteiger partial charge in [0.25, 0.3) is 11.7 Å². The van der Waals surface area contributed by atoms with E-state index in [0.29, 0.717) is 34.1 Å². The molecule has 8 heteroatoms. The van der Waals surface area contributed by atoms with E-state index >= 15 is 0 Å². The van der Waals surface area contributed by atoms with Crippen LogP contribution in [0.15, 0.2) is 70.9 Å². The van der Waals surface area contributed by atoms with Crippen LogP contribution in [0.4, 0.5) is 0 Å². The van der Waals surface area contributed by atoms with Gasteiger partial charge in [-0.2, -0.15) is 0 Å². The summed E-state index contributed by atoms with van der Waals surface area (Å²) in [5.41, 5.74) is 0.948. The van der Waals surface area contributed by atoms with E-state index in [4.69, 9.17) is 18.6 Å². The van der Waals surface area contributed by atoms with Gasteiger partial charge in [-0.3, -0.25) is 9.59 Å². The third-order valence-electron chi connectivity index (χ3n) is 5.50. The van der Waals surface area contributed by atoms with E-state index in [2.05, 4.69) is 0 Å². The number of hydrogen-bond acceptors (Lipinski definition) is 7. The van der Waals surface area contributed by atoms with Crippen molar-refractivity contribution < 1.29 is 33.3 Å². The number of fused-ring (bicyclic) bond motifs is 1. The third kappa shape index (κ3) is 3.26. The number of ketones is 1. The molecule has 1 N–H and O–H groups in total. The Morgan fingerprint density at radius 2 is 1.94 bits per heavy atom. The number of likely N-dealkylation sites (tertiary alicyclic amines) is 1. The molecule has 3 aromatic rings. The second-order valence-electron chi connectivity index (χ2n) is 7.35. The maximum Gasteiger partial charge on any atom is 0.296 e. The van der Waals surface area contributed by atoms with Gasteiger partial charge in [0.1, 0.15) is 17.3 Å². The topological polar surface area (TPSA) is 98.4 Å². The molecular formula is C24H19NO7. The fourth-order valence-electron chi connectivity index (χ4n) is 3.97. The van der Waals surface area contributed by atoms with E-state index in [-0.39, 0.29) is 24.7 Å². The smallest absolute Gasteiger partial charge is 0.296 e. The average Bonchev–Trinajstić information content (AvgIpc) is 3.55. The fraction of sp³-hybridized carbons (Fsp3) is 0.167. The Hall–Kier alpha value is -4.20. The minimum absolute atomic E-state index is 0.0197. The van der Waals surface area contributed by atoms with Crippen LogP contribution in [0.3, 0.4) is 0 Å². The maximum absolute atomic E-state index is 13.1. The zero-order chi connectivity index (χ0) is 22.2. The molecule has 0 radical (unpaired) electrons. The molecule has 0 bridgehead atoms. The van der Waals surface area contributed by atoms with E-state index in [0.717, 1.165) is 0 Å². The highest BCUT2D eigenvalue weighted by Crippen LogP contribution is 2.42. The third-order valence-corrected chi connectivity index (χ3v) is 5.50. The lowest BCUT2D eigenvalue weighted by molar-refractivity contribution is -0.140. The first-order valence-electron chi connectivity index (χ1n) is 9.91. The monoisotopic (exact) mass is 433 g/mol. The number of nitrogens with zero attached hydrogens (tertiary/aromatic N) is 1.